The summed E-state index contributed by atoms with van der Waals surface area (Å²) in [5.41, 5.74) is -0.486. The number of hydrogen-bond acceptors (Lipinski definition) is 4. The molecule has 0 aliphatic heterocycles. The standard InChI is InChI=1S/C18H15F3N2O3S/c1-10(16(24)22-12-6-4-3-5-11(12)18(19,20)21)23-13-7-8-27-15(13)9-14(23)17(25)26-2/h3-10H,1-2H3,(H,22,24). The smallest absolute Gasteiger partial charge is 0.418 e. The van der Waals surface area contributed by atoms with E-state index in [-0.39, 0.29) is 11.4 Å². The molecule has 5 nitrogen and oxygen atoms in total. The van der Waals surface area contributed by atoms with Crippen molar-refractivity contribution in [3.05, 3.63) is 53.0 Å². The van der Waals surface area contributed by atoms with E-state index in [9.17, 15) is 22.8 Å². The Bertz CT molecular complexity index is 1010. The van der Waals surface area contributed by atoms with Gasteiger partial charge in [-0.15, -0.1) is 11.3 Å². The van der Waals surface area contributed by atoms with Crippen LogP contribution in [0, 0.1) is 0 Å². The number of anilines is 1. The highest BCUT2D eigenvalue weighted by atomic mass is 32.1. The summed E-state index contributed by atoms with van der Waals surface area (Å²) < 4.78 is 46.4. The van der Waals surface area contributed by atoms with Crippen LogP contribution in [0.1, 0.15) is 29.0 Å². The third-order valence-corrected chi connectivity index (χ3v) is 4.96. The van der Waals surface area contributed by atoms with Crippen molar-refractivity contribution in [2.45, 2.75) is 19.1 Å². The Labute approximate surface area is 156 Å². The topological polar surface area (TPSA) is 60.3 Å². The van der Waals surface area contributed by atoms with E-state index in [1.54, 1.807) is 17.5 Å². The van der Waals surface area contributed by atoms with Gasteiger partial charge in [0.2, 0.25) is 5.91 Å². The van der Waals surface area contributed by atoms with Gasteiger partial charge in [-0.2, -0.15) is 13.2 Å². The summed E-state index contributed by atoms with van der Waals surface area (Å²) in [6.07, 6.45) is -4.60. The normalized spacial score (nSPS) is 12.8. The van der Waals surface area contributed by atoms with Crippen LogP contribution in [0.2, 0.25) is 0 Å². The highest BCUT2D eigenvalue weighted by molar-refractivity contribution is 7.17. The second kappa shape index (κ2) is 7.07. The van der Waals surface area contributed by atoms with Gasteiger partial charge in [0.05, 0.1) is 28.6 Å². The molecule has 1 atom stereocenters. The minimum Gasteiger partial charge on any atom is -0.464 e. The molecule has 0 aliphatic rings. The number of carbonyl (C=O) groups is 2. The Morgan fingerprint density at radius 3 is 2.59 bits per heavy atom. The predicted octanol–water partition coefficient (Wildman–Crippen LogP) is 4.71. The largest absolute Gasteiger partial charge is 0.464 e. The van der Waals surface area contributed by atoms with Crippen LogP contribution in [-0.2, 0) is 15.7 Å². The quantitative estimate of drug-likeness (QED) is 0.650. The molecule has 0 bridgehead atoms. The predicted molar refractivity (Wildman–Crippen MR) is 95.9 cm³/mol. The molecule has 0 saturated carbocycles. The molecule has 3 rings (SSSR count). The molecular weight excluding hydrogens is 381 g/mol. The first-order valence-corrected chi connectivity index (χ1v) is 8.76. The zero-order chi connectivity index (χ0) is 19.8. The number of aromatic nitrogens is 1. The van der Waals surface area contributed by atoms with E-state index in [0.29, 0.717) is 5.52 Å². The number of carbonyl (C=O) groups excluding carboxylic acids is 2. The van der Waals surface area contributed by atoms with Crippen molar-refractivity contribution >= 4 is 39.1 Å². The number of esters is 1. The minimum absolute atomic E-state index is 0.158. The zero-order valence-corrected chi connectivity index (χ0v) is 15.1. The maximum atomic E-state index is 13.1. The lowest BCUT2D eigenvalue weighted by Gasteiger charge is -2.19. The van der Waals surface area contributed by atoms with Crippen LogP contribution >= 0.6 is 11.3 Å². The number of alkyl halides is 3. The van der Waals surface area contributed by atoms with E-state index in [1.807, 2.05) is 0 Å². The third-order valence-electron chi connectivity index (χ3n) is 4.11. The van der Waals surface area contributed by atoms with E-state index >= 15 is 0 Å². The number of thiophene rings is 1. The number of nitrogens with zero attached hydrogens (tertiary/aromatic N) is 1. The fourth-order valence-electron chi connectivity index (χ4n) is 2.82. The molecule has 2 aromatic heterocycles. The van der Waals surface area contributed by atoms with Gasteiger partial charge in [0, 0.05) is 0 Å². The highest BCUT2D eigenvalue weighted by Crippen LogP contribution is 2.35. The SMILES string of the molecule is COC(=O)c1cc2sccc2n1C(C)C(=O)Nc1ccccc1C(F)(F)F. The van der Waals surface area contributed by atoms with Gasteiger partial charge in [-0.1, -0.05) is 12.1 Å². The molecule has 0 aliphatic carbocycles. The molecule has 0 radical (unpaired) electrons. The lowest BCUT2D eigenvalue weighted by Crippen LogP contribution is -2.27. The van der Waals surface area contributed by atoms with Crippen molar-refractivity contribution in [2.75, 3.05) is 12.4 Å². The van der Waals surface area contributed by atoms with Crippen LogP contribution in [0.5, 0.6) is 0 Å². The number of nitrogens with one attached hydrogen (secondary N) is 1. The van der Waals surface area contributed by atoms with E-state index in [2.05, 4.69) is 5.32 Å². The number of ether oxygens (including phenoxy) is 1. The van der Waals surface area contributed by atoms with Crippen LogP contribution in [0.4, 0.5) is 18.9 Å². The van der Waals surface area contributed by atoms with Gasteiger partial charge in [0.1, 0.15) is 11.7 Å². The van der Waals surface area contributed by atoms with E-state index < -0.39 is 29.7 Å². The number of amides is 1. The van der Waals surface area contributed by atoms with Crippen LogP contribution in [0.15, 0.2) is 41.8 Å². The first-order chi connectivity index (χ1) is 12.7. The number of hydrogen-bond donors (Lipinski definition) is 1. The second-order valence-corrected chi connectivity index (χ2v) is 6.72. The van der Waals surface area contributed by atoms with Gasteiger partial charge in [-0.3, -0.25) is 4.79 Å². The van der Waals surface area contributed by atoms with Crippen molar-refractivity contribution in [3.63, 3.8) is 0 Å². The number of para-hydroxylation sites is 1. The van der Waals surface area contributed by atoms with Crippen LogP contribution in [0.3, 0.4) is 0 Å². The van der Waals surface area contributed by atoms with Crippen LogP contribution in [0.25, 0.3) is 10.2 Å². The summed E-state index contributed by atoms with van der Waals surface area (Å²) in [5.74, 6) is -1.31. The molecule has 1 unspecified atom stereocenters. The maximum Gasteiger partial charge on any atom is 0.418 e. The van der Waals surface area contributed by atoms with Crippen LogP contribution < -0.4 is 5.32 Å². The summed E-state index contributed by atoms with van der Waals surface area (Å²) in [6, 6.07) is 7.13. The lowest BCUT2D eigenvalue weighted by atomic mass is 10.1. The Morgan fingerprint density at radius 1 is 1.22 bits per heavy atom. The fraction of sp³-hybridized carbons (Fsp3) is 0.222. The summed E-state index contributed by atoms with van der Waals surface area (Å²) in [5, 5.41) is 4.12. The Morgan fingerprint density at radius 2 is 1.93 bits per heavy atom. The number of benzene rings is 1. The minimum atomic E-state index is -4.60. The van der Waals surface area contributed by atoms with Crippen molar-refractivity contribution in [2.24, 2.45) is 0 Å². The molecule has 1 aromatic carbocycles. The molecule has 0 fully saturated rings. The molecule has 2 heterocycles. The Hall–Kier alpha value is -2.81. The van der Waals surface area contributed by atoms with Gasteiger partial charge in [0.15, 0.2) is 0 Å². The van der Waals surface area contributed by atoms with Crippen molar-refractivity contribution in [1.82, 2.24) is 4.57 Å². The highest BCUT2D eigenvalue weighted by Gasteiger charge is 2.34. The molecule has 1 N–H and O–H groups in total. The number of methoxy groups -OCH3 is 1. The average Bonchev–Trinajstić information content (AvgIpc) is 3.20. The summed E-state index contributed by atoms with van der Waals surface area (Å²) in [4.78, 5) is 24.7. The van der Waals surface area contributed by atoms with E-state index in [0.717, 1.165) is 10.8 Å². The molecule has 1 amide bonds. The lowest BCUT2D eigenvalue weighted by molar-refractivity contribution is -0.137. The molecule has 0 saturated heterocycles. The molecule has 142 valence electrons. The zero-order valence-electron chi connectivity index (χ0n) is 14.3. The first-order valence-electron chi connectivity index (χ1n) is 7.88. The number of halogens is 3. The third kappa shape index (κ3) is 3.55. The number of rotatable bonds is 4. The molecule has 0 spiro atoms. The molecule has 3 aromatic rings. The summed E-state index contributed by atoms with van der Waals surface area (Å²) in [6.45, 7) is 1.51. The molecule has 27 heavy (non-hydrogen) atoms. The Kier molecular flexibility index (Phi) is 4.97. The van der Waals surface area contributed by atoms with Gasteiger partial charge >= 0.3 is 12.1 Å². The van der Waals surface area contributed by atoms with Crippen molar-refractivity contribution < 1.29 is 27.5 Å². The molecule has 9 heteroatoms. The van der Waals surface area contributed by atoms with Gasteiger partial charge < -0.3 is 14.6 Å². The fourth-order valence-corrected chi connectivity index (χ4v) is 3.63. The molecular formula is C18H15F3N2O3S. The van der Waals surface area contributed by atoms with Crippen molar-refractivity contribution in [1.29, 1.82) is 0 Å². The Balaban J connectivity index is 1.97. The summed E-state index contributed by atoms with van der Waals surface area (Å²) in [7, 11) is 1.22. The average molecular weight is 396 g/mol. The second-order valence-electron chi connectivity index (χ2n) is 5.77. The maximum absolute atomic E-state index is 13.1. The first kappa shape index (κ1) is 19.0. The van der Waals surface area contributed by atoms with E-state index in [4.69, 9.17) is 4.74 Å². The number of fused-ring (bicyclic) bond motifs is 1. The van der Waals surface area contributed by atoms with Crippen molar-refractivity contribution in [3.8, 4) is 0 Å². The monoisotopic (exact) mass is 396 g/mol. The van der Waals surface area contributed by atoms with Crippen LogP contribution in [-0.4, -0.2) is 23.6 Å². The summed E-state index contributed by atoms with van der Waals surface area (Å²) >= 11 is 1.38. The van der Waals surface area contributed by atoms with Gasteiger partial charge in [-0.05, 0) is 36.6 Å². The van der Waals surface area contributed by atoms with E-state index in [1.165, 1.54) is 48.1 Å². The van der Waals surface area contributed by atoms with Gasteiger partial charge in [0.25, 0.3) is 0 Å². The van der Waals surface area contributed by atoms with Gasteiger partial charge in [-0.25, -0.2) is 4.79 Å².